The summed E-state index contributed by atoms with van der Waals surface area (Å²) in [4.78, 5) is 0. The lowest BCUT2D eigenvalue weighted by molar-refractivity contribution is 0.589. The first-order chi connectivity index (χ1) is 5.58. The van der Waals surface area contributed by atoms with Crippen molar-refractivity contribution in [3.05, 3.63) is 12.2 Å². The second-order valence-electron chi connectivity index (χ2n) is 4.20. The third kappa shape index (κ3) is 4.17. The van der Waals surface area contributed by atoms with Crippen LogP contribution in [0.3, 0.4) is 0 Å². The van der Waals surface area contributed by atoms with Crippen LogP contribution in [0.4, 0.5) is 0 Å². The first kappa shape index (κ1) is 10.1. The zero-order chi connectivity index (χ0) is 9.03. The van der Waals surface area contributed by atoms with Crippen molar-refractivity contribution in [2.75, 3.05) is 5.75 Å². The zero-order valence-electron chi connectivity index (χ0n) is 8.05. The van der Waals surface area contributed by atoms with E-state index in [-0.39, 0.29) is 5.54 Å². The summed E-state index contributed by atoms with van der Waals surface area (Å²) in [5.41, 5.74) is 5.89. The predicted octanol–water partition coefficient (Wildman–Crippen LogP) is 2.57. The van der Waals surface area contributed by atoms with Gasteiger partial charge in [-0.2, -0.15) is 11.8 Å². The monoisotopic (exact) mass is 185 g/mol. The Kier molecular flexibility index (Phi) is 3.66. The Morgan fingerprint density at radius 1 is 1.58 bits per heavy atom. The first-order valence-electron chi connectivity index (χ1n) is 4.65. The Balaban J connectivity index is 2.22. The quantitative estimate of drug-likeness (QED) is 0.684. The molecule has 70 valence electrons. The van der Waals surface area contributed by atoms with Gasteiger partial charge in [0, 0.05) is 16.5 Å². The van der Waals surface area contributed by atoms with Crippen molar-refractivity contribution >= 4 is 11.8 Å². The number of nitrogens with two attached hydrogens (primary N) is 1. The van der Waals surface area contributed by atoms with Crippen LogP contribution in [0.15, 0.2) is 12.2 Å². The Hall–Kier alpha value is 0.0500. The normalized spacial score (nSPS) is 24.4. The van der Waals surface area contributed by atoms with Gasteiger partial charge in [0.15, 0.2) is 0 Å². The van der Waals surface area contributed by atoms with Crippen molar-refractivity contribution < 1.29 is 0 Å². The topological polar surface area (TPSA) is 26.0 Å². The molecule has 0 aromatic rings. The van der Waals surface area contributed by atoms with E-state index in [0.717, 1.165) is 11.0 Å². The van der Waals surface area contributed by atoms with Crippen LogP contribution in [-0.2, 0) is 0 Å². The van der Waals surface area contributed by atoms with Gasteiger partial charge in [0.25, 0.3) is 0 Å². The van der Waals surface area contributed by atoms with Crippen molar-refractivity contribution in [1.29, 1.82) is 0 Å². The summed E-state index contributed by atoms with van der Waals surface area (Å²) in [6, 6.07) is 0. The lowest BCUT2D eigenvalue weighted by atomic mass is 10.1. The number of thioether (sulfide) groups is 1. The van der Waals surface area contributed by atoms with E-state index >= 15 is 0 Å². The molecule has 1 nitrogen and oxygen atoms in total. The SMILES string of the molecule is CC(C)(N)CSC1C=CCCC1. The Morgan fingerprint density at radius 2 is 2.33 bits per heavy atom. The lowest BCUT2D eigenvalue weighted by Crippen LogP contribution is -2.35. The molecule has 0 aromatic heterocycles. The minimum Gasteiger partial charge on any atom is -0.325 e. The minimum absolute atomic E-state index is 0.0179. The summed E-state index contributed by atoms with van der Waals surface area (Å²) in [6.45, 7) is 4.18. The highest BCUT2D eigenvalue weighted by atomic mass is 32.2. The smallest absolute Gasteiger partial charge is 0.0227 e. The van der Waals surface area contributed by atoms with Crippen LogP contribution in [0.5, 0.6) is 0 Å². The van der Waals surface area contributed by atoms with Crippen molar-refractivity contribution in [2.45, 2.75) is 43.9 Å². The molecule has 0 heterocycles. The van der Waals surface area contributed by atoms with Gasteiger partial charge < -0.3 is 5.73 Å². The molecule has 0 amide bonds. The molecule has 0 saturated heterocycles. The van der Waals surface area contributed by atoms with Gasteiger partial charge in [-0.05, 0) is 33.1 Å². The van der Waals surface area contributed by atoms with E-state index < -0.39 is 0 Å². The van der Waals surface area contributed by atoms with Gasteiger partial charge in [0.1, 0.15) is 0 Å². The number of hydrogen-bond donors (Lipinski definition) is 1. The molecule has 0 bridgehead atoms. The molecular weight excluding hydrogens is 166 g/mol. The molecular formula is C10H19NS. The van der Waals surface area contributed by atoms with E-state index in [1.807, 2.05) is 11.8 Å². The van der Waals surface area contributed by atoms with E-state index in [9.17, 15) is 0 Å². The molecule has 2 N–H and O–H groups in total. The van der Waals surface area contributed by atoms with Gasteiger partial charge in [0.2, 0.25) is 0 Å². The molecule has 1 aliphatic carbocycles. The molecule has 0 aromatic carbocycles. The van der Waals surface area contributed by atoms with E-state index in [2.05, 4.69) is 26.0 Å². The Labute approximate surface area is 79.8 Å². The molecule has 0 aliphatic heterocycles. The Morgan fingerprint density at radius 3 is 2.83 bits per heavy atom. The highest BCUT2D eigenvalue weighted by molar-refractivity contribution is 8.00. The van der Waals surface area contributed by atoms with Crippen LogP contribution in [0, 0.1) is 0 Å². The third-order valence-electron chi connectivity index (χ3n) is 1.88. The van der Waals surface area contributed by atoms with Crippen LogP contribution in [-0.4, -0.2) is 16.5 Å². The van der Waals surface area contributed by atoms with Crippen molar-refractivity contribution in [1.82, 2.24) is 0 Å². The summed E-state index contributed by atoms with van der Waals surface area (Å²) in [7, 11) is 0. The zero-order valence-corrected chi connectivity index (χ0v) is 8.86. The van der Waals surface area contributed by atoms with Gasteiger partial charge in [-0.3, -0.25) is 0 Å². The number of rotatable bonds is 3. The average molecular weight is 185 g/mol. The number of allylic oxidation sites excluding steroid dienone is 1. The van der Waals surface area contributed by atoms with Crippen LogP contribution in [0.1, 0.15) is 33.1 Å². The standard InChI is InChI=1S/C10H19NS/c1-10(2,11)8-12-9-6-4-3-5-7-9/h4,6,9H,3,5,7-8,11H2,1-2H3. The maximum absolute atomic E-state index is 5.91. The van der Waals surface area contributed by atoms with Crippen LogP contribution >= 0.6 is 11.8 Å². The Bertz CT molecular complexity index is 158. The molecule has 2 heteroatoms. The fraction of sp³-hybridized carbons (Fsp3) is 0.800. The first-order valence-corrected chi connectivity index (χ1v) is 5.70. The number of hydrogen-bond acceptors (Lipinski definition) is 2. The molecule has 12 heavy (non-hydrogen) atoms. The highest BCUT2D eigenvalue weighted by Gasteiger charge is 2.15. The minimum atomic E-state index is -0.0179. The molecule has 1 atom stereocenters. The van der Waals surface area contributed by atoms with E-state index in [1.165, 1.54) is 19.3 Å². The van der Waals surface area contributed by atoms with E-state index in [0.29, 0.717) is 0 Å². The fourth-order valence-electron chi connectivity index (χ4n) is 1.24. The average Bonchev–Trinajstić information content (AvgIpc) is 2.02. The summed E-state index contributed by atoms with van der Waals surface area (Å²) < 4.78 is 0. The van der Waals surface area contributed by atoms with Gasteiger partial charge in [0.05, 0.1) is 0 Å². The van der Waals surface area contributed by atoms with Gasteiger partial charge in [-0.1, -0.05) is 12.2 Å². The van der Waals surface area contributed by atoms with Crippen LogP contribution < -0.4 is 5.73 Å². The van der Waals surface area contributed by atoms with Crippen molar-refractivity contribution in [2.24, 2.45) is 5.73 Å². The highest BCUT2D eigenvalue weighted by Crippen LogP contribution is 2.25. The molecule has 1 unspecified atom stereocenters. The summed E-state index contributed by atoms with van der Waals surface area (Å²) in [5, 5.41) is 0.724. The largest absolute Gasteiger partial charge is 0.325 e. The van der Waals surface area contributed by atoms with Gasteiger partial charge in [-0.15, -0.1) is 0 Å². The maximum Gasteiger partial charge on any atom is 0.0227 e. The lowest BCUT2D eigenvalue weighted by Gasteiger charge is -2.22. The van der Waals surface area contributed by atoms with E-state index in [1.54, 1.807) is 0 Å². The van der Waals surface area contributed by atoms with Crippen LogP contribution in [0.2, 0.25) is 0 Å². The molecule has 0 fully saturated rings. The van der Waals surface area contributed by atoms with Gasteiger partial charge >= 0.3 is 0 Å². The molecule has 0 radical (unpaired) electrons. The second-order valence-corrected chi connectivity index (χ2v) is 5.42. The molecule has 0 spiro atoms. The van der Waals surface area contributed by atoms with Gasteiger partial charge in [-0.25, -0.2) is 0 Å². The second kappa shape index (κ2) is 4.33. The van der Waals surface area contributed by atoms with Crippen molar-refractivity contribution in [3.8, 4) is 0 Å². The third-order valence-corrected chi connectivity index (χ3v) is 3.61. The van der Waals surface area contributed by atoms with Crippen molar-refractivity contribution in [3.63, 3.8) is 0 Å². The molecule has 1 rings (SSSR count). The fourth-order valence-corrected chi connectivity index (χ4v) is 2.44. The predicted molar refractivity (Wildman–Crippen MR) is 57.5 cm³/mol. The summed E-state index contributed by atoms with van der Waals surface area (Å²) in [5.74, 6) is 1.06. The molecule has 0 saturated carbocycles. The summed E-state index contributed by atoms with van der Waals surface area (Å²) in [6.07, 6.45) is 8.57. The molecule has 1 aliphatic rings. The summed E-state index contributed by atoms with van der Waals surface area (Å²) >= 11 is 1.99. The van der Waals surface area contributed by atoms with Crippen LogP contribution in [0.25, 0.3) is 0 Å². The maximum atomic E-state index is 5.91. The van der Waals surface area contributed by atoms with E-state index in [4.69, 9.17) is 5.73 Å².